The summed E-state index contributed by atoms with van der Waals surface area (Å²) in [7, 11) is 1.60. The second kappa shape index (κ2) is 6.04. The molecule has 0 radical (unpaired) electrons. The van der Waals surface area contributed by atoms with Crippen LogP contribution in [0.25, 0.3) is 0 Å². The fraction of sp³-hybridized carbons (Fsp3) is 0.833. The Morgan fingerprint density at radius 1 is 1.17 bits per heavy atom. The average Bonchev–Trinajstić information content (AvgIpc) is 2.12. The largest absolute Gasteiger partial charge is 0.480 e. The fourth-order valence-corrected chi connectivity index (χ4v) is 1.06. The predicted octanol–water partition coefficient (Wildman–Crippen LogP) is 1.73. The van der Waals surface area contributed by atoms with Gasteiger partial charge in [-0.05, 0) is 34.6 Å². The number of carbonyl (C=O) groups excluding carboxylic acids is 1. The molecule has 1 amide bonds. The van der Waals surface area contributed by atoms with E-state index in [1.807, 2.05) is 0 Å². The zero-order valence-electron chi connectivity index (χ0n) is 11.9. The molecule has 0 rings (SSSR count). The number of hydrogen-bond donors (Lipinski definition) is 1. The van der Waals surface area contributed by atoms with E-state index in [4.69, 9.17) is 14.6 Å². The van der Waals surface area contributed by atoms with E-state index in [1.54, 1.807) is 41.7 Å². The maximum atomic E-state index is 11.8. The molecule has 18 heavy (non-hydrogen) atoms. The summed E-state index contributed by atoms with van der Waals surface area (Å²) in [6, 6.07) is 0. The van der Waals surface area contributed by atoms with Crippen molar-refractivity contribution in [2.75, 3.05) is 20.3 Å². The van der Waals surface area contributed by atoms with Crippen LogP contribution in [0.3, 0.4) is 0 Å². The van der Waals surface area contributed by atoms with E-state index < -0.39 is 23.2 Å². The average molecular weight is 261 g/mol. The normalized spacial score (nSPS) is 12.1. The first-order valence-corrected chi connectivity index (χ1v) is 5.72. The molecule has 0 unspecified atom stereocenters. The number of nitrogens with zero attached hydrogens (tertiary/aromatic N) is 1. The molecule has 0 aromatic rings. The summed E-state index contributed by atoms with van der Waals surface area (Å²) in [4.78, 5) is 23.6. The van der Waals surface area contributed by atoms with Crippen molar-refractivity contribution in [1.29, 1.82) is 0 Å². The van der Waals surface area contributed by atoms with E-state index in [1.165, 1.54) is 4.90 Å². The van der Waals surface area contributed by atoms with Gasteiger partial charge in [-0.3, -0.25) is 0 Å². The maximum absolute atomic E-state index is 11.8. The Bertz CT molecular complexity index is 306. The Balaban J connectivity index is 4.40. The first-order valence-electron chi connectivity index (χ1n) is 5.72. The Morgan fingerprint density at radius 3 is 2.06 bits per heavy atom. The van der Waals surface area contributed by atoms with Crippen LogP contribution in [0.4, 0.5) is 4.79 Å². The molecule has 0 atom stereocenters. The summed E-state index contributed by atoms with van der Waals surface area (Å²) in [6.07, 6.45) is -0.466. The summed E-state index contributed by atoms with van der Waals surface area (Å²) in [5.41, 5.74) is -1.21. The molecule has 106 valence electrons. The lowest BCUT2D eigenvalue weighted by Gasteiger charge is -2.36. The maximum Gasteiger partial charge on any atom is 0.410 e. The van der Waals surface area contributed by atoms with Gasteiger partial charge in [0.2, 0.25) is 0 Å². The van der Waals surface area contributed by atoms with Gasteiger partial charge in [0, 0.05) is 7.05 Å². The number of likely N-dealkylation sites (N-methyl/N-ethyl adjacent to an activating group) is 1. The van der Waals surface area contributed by atoms with Crippen LogP contribution in [-0.2, 0) is 14.3 Å². The highest BCUT2D eigenvalue weighted by Gasteiger charge is 2.31. The molecule has 0 bridgehead atoms. The van der Waals surface area contributed by atoms with Gasteiger partial charge in [0.15, 0.2) is 0 Å². The highest BCUT2D eigenvalue weighted by atomic mass is 16.6. The van der Waals surface area contributed by atoms with Crippen LogP contribution in [0, 0.1) is 0 Å². The number of hydrogen-bond acceptors (Lipinski definition) is 4. The van der Waals surface area contributed by atoms with E-state index in [2.05, 4.69) is 0 Å². The van der Waals surface area contributed by atoms with Gasteiger partial charge in [0.25, 0.3) is 0 Å². The molecule has 0 aromatic heterocycles. The number of rotatable bonds is 5. The van der Waals surface area contributed by atoms with Gasteiger partial charge in [-0.25, -0.2) is 9.59 Å². The Labute approximate surface area is 108 Å². The molecule has 0 aromatic carbocycles. The third kappa shape index (κ3) is 6.44. The third-order valence-corrected chi connectivity index (χ3v) is 2.26. The minimum absolute atomic E-state index is 0.120. The van der Waals surface area contributed by atoms with E-state index >= 15 is 0 Å². The van der Waals surface area contributed by atoms with Crippen LogP contribution >= 0.6 is 0 Å². The van der Waals surface area contributed by atoms with Crippen molar-refractivity contribution in [2.45, 2.75) is 45.8 Å². The van der Waals surface area contributed by atoms with Crippen molar-refractivity contribution < 1.29 is 24.2 Å². The summed E-state index contributed by atoms with van der Waals surface area (Å²) in [6.45, 7) is 8.64. The highest BCUT2D eigenvalue weighted by Crippen LogP contribution is 2.17. The Hall–Kier alpha value is -1.30. The predicted molar refractivity (Wildman–Crippen MR) is 66.5 cm³/mol. The number of amides is 1. The van der Waals surface area contributed by atoms with Gasteiger partial charge >= 0.3 is 12.1 Å². The molecule has 0 fully saturated rings. The number of carboxylic acids is 1. The van der Waals surface area contributed by atoms with Gasteiger partial charge in [0.1, 0.15) is 12.2 Å². The lowest BCUT2D eigenvalue weighted by molar-refractivity contribution is -0.143. The number of carbonyl (C=O) groups is 2. The minimum atomic E-state index is -1.04. The van der Waals surface area contributed by atoms with Crippen LogP contribution in [0.2, 0.25) is 0 Å². The van der Waals surface area contributed by atoms with Crippen LogP contribution in [0.15, 0.2) is 0 Å². The quantitative estimate of drug-likeness (QED) is 0.815. The van der Waals surface area contributed by atoms with Gasteiger partial charge in [-0.15, -0.1) is 0 Å². The SMILES string of the molecule is CN(C(=O)OC(C)(C)C)C(C)(C)COCC(=O)O. The number of aliphatic carboxylic acids is 1. The first-order chi connectivity index (χ1) is 7.96. The molecule has 0 aliphatic heterocycles. The molecule has 0 aliphatic carbocycles. The third-order valence-electron chi connectivity index (χ3n) is 2.26. The van der Waals surface area contributed by atoms with Crippen LogP contribution in [0.5, 0.6) is 0 Å². The highest BCUT2D eigenvalue weighted by molar-refractivity contribution is 5.69. The zero-order valence-corrected chi connectivity index (χ0v) is 11.9. The lowest BCUT2D eigenvalue weighted by Crippen LogP contribution is -2.50. The van der Waals surface area contributed by atoms with Crippen molar-refractivity contribution in [3.8, 4) is 0 Å². The zero-order chi connectivity index (χ0) is 14.6. The topological polar surface area (TPSA) is 76.1 Å². The van der Waals surface area contributed by atoms with Gasteiger partial charge in [-0.2, -0.15) is 0 Å². The monoisotopic (exact) mass is 261 g/mol. The van der Waals surface area contributed by atoms with Crippen LogP contribution in [-0.4, -0.2) is 53.5 Å². The standard InChI is InChI=1S/C12H23NO5/c1-11(2,3)18-10(16)13(6)12(4,5)8-17-7-9(14)15/h7-8H2,1-6H3,(H,14,15). The van der Waals surface area contributed by atoms with E-state index in [9.17, 15) is 9.59 Å². The van der Waals surface area contributed by atoms with Crippen molar-refractivity contribution in [3.05, 3.63) is 0 Å². The molecular formula is C12H23NO5. The van der Waals surface area contributed by atoms with E-state index in [0.29, 0.717) is 0 Å². The second-order valence-electron chi connectivity index (χ2n) is 5.74. The number of carboxylic acid groups (broad SMARTS) is 1. The molecule has 0 aliphatic rings. The fourth-order valence-electron chi connectivity index (χ4n) is 1.06. The summed E-state index contributed by atoms with van der Waals surface area (Å²) >= 11 is 0. The first kappa shape index (κ1) is 16.7. The van der Waals surface area contributed by atoms with Crippen LogP contribution in [0.1, 0.15) is 34.6 Å². The smallest absolute Gasteiger partial charge is 0.410 e. The van der Waals surface area contributed by atoms with Crippen LogP contribution < -0.4 is 0 Å². The number of ether oxygens (including phenoxy) is 2. The molecule has 6 heteroatoms. The molecule has 0 spiro atoms. The summed E-state index contributed by atoms with van der Waals surface area (Å²) in [5.74, 6) is -1.04. The van der Waals surface area contributed by atoms with E-state index in [0.717, 1.165) is 0 Å². The summed E-state index contributed by atoms with van der Waals surface area (Å²) in [5, 5.41) is 8.48. The van der Waals surface area contributed by atoms with Crippen molar-refractivity contribution >= 4 is 12.1 Å². The molecule has 6 nitrogen and oxygen atoms in total. The second-order valence-corrected chi connectivity index (χ2v) is 5.74. The van der Waals surface area contributed by atoms with Gasteiger partial charge < -0.3 is 19.5 Å². The molecule has 0 saturated carbocycles. The molecule has 0 saturated heterocycles. The molecule has 1 N–H and O–H groups in total. The van der Waals surface area contributed by atoms with Crippen molar-refractivity contribution in [2.24, 2.45) is 0 Å². The Morgan fingerprint density at radius 2 is 1.67 bits per heavy atom. The van der Waals surface area contributed by atoms with Gasteiger partial charge in [-0.1, -0.05) is 0 Å². The van der Waals surface area contributed by atoms with Crippen molar-refractivity contribution in [3.63, 3.8) is 0 Å². The van der Waals surface area contributed by atoms with E-state index in [-0.39, 0.29) is 13.2 Å². The Kier molecular flexibility index (Phi) is 5.60. The molecular weight excluding hydrogens is 238 g/mol. The molecule has 0 heterocycles. The minimum Gasteiger partial charge on any atom is -0.480 e. The van der Waals surface area contributed by atoms with Crippen molar-refractivity contribution in [1.82, 2.24) is 4.90 Å². The van der Waals surface area contributed by atoms with Gasteiger partial charge in [0.05, 0.1) is 12.1 Å². The summed E-state index contributed by atoms with van der Waals surface area (Å²) < 4.78 is 10.2. The lowest BCUT2D eigenvalue weighted by atomic mass is 10.1.